The molecule has 10 nitrogen and oxygen atoms in total. The standard InChI is InChI=1S/C38H23N3O.C30H18BrN3.C8H6BO3/c1-2-11-25(12-3-1)36-30-20-18-24-10-4-6-14-28(24)37(30)40-38(39-36)41-32-16-8-7-15-29(32)31-22-27(19-21-33(31)41)35-23-26-13-5-9-17-34(26)42-35;31-21-15-17-27-25(18-21)23-12-6-7-13-26(23)34(27)30-32-28(20-9-2-1-3-10-20)24-16-14-19-8-4-5-11-22(19)29(24)33-30;10-9-12-8-5-6-3-1-2-4-7(6)11-8/h1-23H;1-18H;1-5,10H. The Balaban J connectivity index is 0.000000121. The van der Waals surface area contributed by atoms with E-state index in [0.29, 0.717) is 25.5 Å². The van der Waals surface area contributed by atoms with Crippen molar-refractivity contribution in [2.45, 2.75) is 0 Å². The minimum Gasteiger partial charge on any atom is -0.510 e. The van der Waals surface area contributed by atoms with Crippen molar-refractivity contribution in [3.63, 3.8) is 0 Å². The average molecular weight is 1200 g/mol. The fraction of sp³-hybridized carbons (Fsp3) is 0. The molecule has 0 fully saturated rings. The second-order valence-electron chi connectivity index (χ2n) is 21.4. The Bertz CT molecular complexity index is 5640. The third kappa shape index (κ3) is 9.26. The maximum absolute atomic E-state index is 8.34. The largest absolute Gasteiger partial charge is 0.571 e. The second-order valence-corrected chi connectivity index (χ2v) is 22.3. The highest BCUT2D eigenvalue weighted by Gasteiger charge is 2.21. The van der Waals surface area contributed by atoms with Gasteiger partial charge in [0.2, 0.25) is 11.9 Å². The molecule has 0 spiro atoms. The number of hydrogen-bond acceptors (Lipinski definition) is 8. The topological polar surface area (TPSA) is 117 Å². The van der Waals surface area contributed by atoms with Gasteiger partial charge in [-0.15, -0.1) is 0 Å². The first-order valence-corrected chi connectivity index (χ1v) is 29.6. The summed E-state index contributed by atoms with van der Waals surface area (Å²) >= 11 is 3.65. The molecular formula is C76H47BBrN6O4. The molecule has 0 saturated carbocycles. The number of hydrogen-bond donors (Lipinski definition) is 1. The zero-order chi connectivity index (χ0) is 58.7. The fourth-order valence-electron chi connectivity index (χ4n) is 12.2. The molecule has 12 heteroatoms. The van der Waals surface area contributed by atoms with Crippen molar-refractivity contribution < 1.29 is 18.5 Å². The molecule has 18 aromatic rings. The van der Waals surface area contributed by atoms with Crippen LogP contribution in [0.3, 0.4) is 0 Å². The molecule has 0 amide bonds. The summed E-state index contributed by atoms with van der Waals surface area (Å²) in [4.78, 5) is 20.9. The lowest BCUT2D eigenvalue weighted by Crippen LogP contribution is -2.03. The van der Waals surface area contributed by atoms with Crippen LogP contribution in [0.2, 0.25) is 0 Å². The van der Waals surface area contributed by atoms with Crippen LogP contribution in [0, 0.1) is 0 Å². The second kappa shape index (κ2) is 22.0. The molecule has 415 valence electrons. The molecule has 1 radical (unpaired) electrons. The Labute approximate surface area is 512 Å². The van der Waals surface area contributed by atoms with Gasteiger partial charge >= 0.3 is 7.69 Å². The average Bonchev–Trinajstić information content (AvgIpc) is 1.66. The summed E-state index contributed by atoms with van der Waals surface area (Å²) in [5, 5.41) is 21.7. The minimum atomic E-state index is 0.290. The van der Waals surface area contributed by atoms with Crippen LogP contribution in [-0.4, -0.2) is 41.8 Å². The predicted molar refractivity (Wildman–Crippen MR) is 361 cm³/mol. The van der Waals surface area contributed by atoms with E-state index in [1.807, 2.05) is 54.6 Å². The van der Waals surface area contributed by atoms with Gasteiger partial charge in [0.1, 0.15) is 16.9 Å². The van der Waals surface area contributed by atoms with Gasteiger partial charge in [-0.1, -0.05) is 210 Å². The number of aromatic nitrogens is 6. The van der Waals surface area contributed by atoms with E-state index in [2.05, 4.69) is 248 Å². The summed E-state index contributed by atoms with van der Waals surface area (Å²) in [6, 6.07) is 95.5. The third-order valence-electron chi connectivity index (χ3n) is 16.2. The Morgan fingerprint density at radius 3 is 1.32 bits per heavy atom. The van der Waals surface area contributed by atoms with Crippen LogP contribution in [0.15, 0.2) is 292 Å². The predicted octanol–water partition coefficient (Wildman–Crippen LogP) is 19.6. The molecule has 88 heavy (non-hydrogen) atoms. The number of nitrogens with zero attached hydrogens (tertiary/aromatic N) is 6. The van der Waals surface area contributed by atoms with Gasteiger partial charge < -0.3 is 18.5 Å². The SMILES string of the molecule is Brc1ccc2c(c1)c1ccccc1n2-c1nc(-c2ccccc2)c2ccc3ccccc3c2n1.O[B]Oc1cc2ccccc2o1.c1ccc(-c2nc(-n3c4ccccc4c4cc(-c5cc6ccccc6o5)ccc43)nc3c2ccc2ccccc23)cc1. The van der Waals surface area contributed by atoms with Crippen LogP contribution >= 0.6 is 15.9 Å². The van der Waals surface area contributed by atoms with E-state index in [-0.39, 0.29) is 0 Å². The number of furan rings is 2. The summed E-state index contributed by atoms with van der Waals surface area (Å²) < 4.78 is 21.5. The van der Waals surface area contributed by atoms with Gasteiger partial charge in [-0.3, -0.25) is 9.13 Å². The molecule has 12 aromatic carbocycles. The number of fused-ring (bicyclic) bond motifs is 14. The lowest BCUT2D eigenvalue weighted by Gasteiger charge is -2.13. The van der Waals surface area contributed by atoms with Crippen LogP contribution in [-0.2, 0) is 0 Å². The third-order valence-corrected chi connectivity index (χ3v) is 16.7. The molecule has 0 saturated heterocycles. The Kier molecular flexibility index (Phi) is 13.1. The highest BCUT2D eigenvalue weighted by molar-refractivity contribution is 9.10. The summed E-state index contributed by atoms with van der Waals surface area (Å²) in [6.45, 7) is 0. The Morgan fingerprint density at radius 1 is 0.341 bits per heavy atom. The van der Waals surface area contributed by atoms with Gasteiger partial charge in [0.15, 0.2) is 0 Å². The zero-order valence-electron chi connectivity index (χ0n) is 46.9. The van der Waals surface area contributed by atoms with Gasteiger partial charge in [0.05, 0.1) is 44.5 Å². The van der Waals surface area contributed by atoms with Gasteiger partial charge in [-0.25, -0.2) is 19.9 Å². The van der Waals surface area contributed by atoms with Crippen molar-refractivity contribution in [1.29, 1.82) is 0 Å². The van der Waals surface area contributed by atoms with Crippen LogP contribution in [0.5, 0.6) is 5.95 Å². The maximum atomic E-state index is 8.34. The number of halogens is 1. The number of para-hydroxylation sites is 4. The van der Waals surface area contributed by atoms with Gasteiger partial charge in [0, 0.05) is 81.1 Å². The molecule has 1 N–H and O–H groups in total. The number of benzene rings is 12. The molecule has 0 unspecified atom stereocenters. The van der Waals surface area contributed by atoms with Crippen molar-refractivity contribution in [2.24, 2.45) is 0 Å². The zero-order valence-corrected chi connectivity index (χ0v) is 48.5. The molecule has 0 bridgehead atoms. The van der Waals surface area contributed by atoms with Gasteiger partial charge in [-0.2, -0.15) is 0 Å². The molecule has 0 aliphatic heterocycles. The summed E-state index contributed by atoms with van der Waals surface area (Å²) in [5.41, 5.74) is 12.9. The maximum Gasteiger partial charge on any atom is 0.571 e. The van der Waals surface area contributed by atoms with Gasteiger partial charge in [-0.05, 0) is 89.6 Å². The van der Waals surface area contributed by atoms with E-state index in [4.69, 9.17) is 33.8 Å². The Morgan fingerprint density at radius 2 is 0.784 bits per heavy atom. The first-order valence-electron chi connectivity index (χ1n) is 28.8. The van der Waals surface area contributed by atoms with Crippen molar-refractivity contribution in [3.05, 3.63) is 284 Å². The van der Waals surface area contributed by atoms with E-state index < -0.39 is 0 Å². The summed E-state index contributed by atoms with van der Waals surface area (Å²) in [6.07, 6.45) is 0. The first kappa shape index (κ1) is 52.4. The van der Waals surface area contributed by atoms with E-state index in [9.17, 15) is 0 Å². The van der Waals surface area contributed by atoms with Gasteiger partial charge in [0.25, 0.3) is 5.95 Å². The summed E-state index contributed by atoms with van der Waals surface area (Å²) in [7, 11) is 0.595. The van der Waals surface area contributed by atoms with Crippen molar-refractivity contribution in [2.75, 3.05) is 0 Å². The van der Waals surface area contributed by atoms with Crippen LogP contribution in [0.1, 0.15) is 0 Å². The van der Waals surface area contributed by atoms with Crippen LogP contribution < -0.4 is 4.65 Å². The normalized spacial score (nSPS) is 11.5. The first-order chi connectivity index (χ1) is 43.5. The van der Waals surface area contributed by atoms with E-state index >= 15 is 0 Å². The molecule has 6 heterocycles. The Hall–Kier alpha value is -11.2. The van der Waals surface area contributed by atoms with Crippen molar-refractivity contribution in [1.82, 2.24) is 29.1 Å². The molecular weight excluding hydrogens is 1150 g/mol. The molecule has 18 rings (SSSR count). The summed E-state index contributed by atoms with van der Waals surface area (Å²) in [5.74, 6) is 2.48. The van der Waals surface area contributed by atoms with Crippen LogP contribution in [0.25, 0.3) is 155 Å². The highest BCUT2D eigenvalue weighted by atomic mass is 79.9. The lowest BCUT2D eigenvalue weighted by molar-refractivity contribution is 0.371. The van der Waals surface area contributed by atoms with E-state index in [1.54, 1.807) is 6.07 Å². The van der Waals surface area contributed by atoms with Crippen molar-refractivity contribution in [3.8, 4) is 51.7 Å². The smallest absolute Gasteiger partial charge is 0.510 e. The highest BCUT2D eigenvalue weighted by Crippen LogP contribution is 2.40. The fourth-order valence-corrected chi connectivity index (χ4v) is 12.6. The lowest BCUT2D eigenvalue weighted by atomic mass is 10.0. The van der Waals surface area contributed by atoms with Crippen molar-refractivity contribution >= 4 is 133 Å². The molecule has 0 aliphatic rings. The molecule has 0 aliphatic carbocycles. The molecule has 0 atom stereocenters. The quantitative estimate of drug-likeness (QED) is 0.124. The minimum absolute atomic E-state index is 0.290. The molecule has 6 aromatic heterocycles. The monoisotopic (exact) mass is 1200 g/mol. The van der Waals surface area contributed by atoms with E-state index in [0.717, 1.165) is 131 Å². The number of rotatable bonds is 7. The van der Waals surface area contributed by atoms with Crippen LogP contribution in [0.4, 0.5) is 0 Å². The van der Waals surface area contributed by atoms with E-state index in [1.165, 1.54) is 16.2 Å².